The van der Waals surface area contributed by atoms with Gasteiger partial charge >= 0.3 is 0 Å². The van der Waals surface area contributed by atoms with Gasteiger partial charge in [0.05, 0.1) is 0 Å². The molecule has 0 amide bonds. The van der Waals surface area contributed by atoms with Crippen molar-refractivity contribution in [3.05, 3.63) is 315 Å². The van der Waals surface area contributed by atoms with Crippen molar-refractivity contribution >= 4 is 129 Å². The first-order valence-electron chi connectivity index (χ1n) is 29.2. The van der Waals surface area contributed by atoms with Crippen LogP contribution in [0.1, 0.15) is 0 Å². The van der Waals surface area contributed by atoms with E-state index in [0.717, 1.165) is 0 Å². The van der Waals surface area contributed by atoms with Gasteiger partial charge in [-0.15, -0.1) is 0 Å². The van der Waals surface area contributed by atoms with Crippen LogP contribution in [0, 0.1) is 0 Å². The largest absolute Gasteiger partial charge is 0.0616 e. The Kier molecular flexibility index (Phi) is 11.0. The summed E-state index contributed by atoms with van der Waals surface area (Å²) in [6, 6.07) is 116. The maximum atomic E-state index is 2.43. The Morgan fingerprint density at radius 2 is 0.417 bits per heavy atom. The molecule has 18 aromatic rings. The minimum atomic E-state index is 1.25. The second kappa shape index (κ2) is 19.4. The van der Waals surface area contributed by atoms with E-state index in [1.54, 1.807) is 0 Å². The third-order valence-corrected chi connectivity index (χ3v) is 18.0. The number of hydrogen-bond acceptors (Lipinski definition) is 0. The van der Waals surface area contributed by atoms with E-state index in [9.17, 15) is 0 Å². The Hall–Kier alpha value is -10.9. The minimum Gasteiger partial charge on any atom is -0.0616 e. The van der Waals surface area contributed by atoms with Crippen molar-refractivity contribution in [1.82, 2.24) is 0 Å². The molecule has 84 heavy (non-hydrogen) atoms. The van der Waals surface area contributed by atoms with Gasteiger partial charge in [0.25, 0.3) is 0 Å². The molecule has 0 aliphatic carbocycles. The van der Waals surface area contributed by atoms with Gasteiger partial charge in [-0.3, -0.25) is 0 Å². The summed E-state index contributed by atoms with van der Waals surface area (Å²) < 4.78 is 0. The van der Waals surface area contributed by atoms with Crippen LogP contribution >= 0.6 is 0 Å². The van der Waals surface area contributed by atoms with E-state index in [0.29, 0.717) is 0 Å². The predicted octanol–water partition coefficient (Wildman–Crippen LogP) is 23.9. The summed E-state index contributed by atoms with van der Waals surface area (Å²) in [6.07, 6.45) is 0. The minimum absolute atomic E-state index is 1.25. The van der Waals surface area contributed by atoms with E-state index in [1.165, 1.54) is 174 Å². The fourth-order valence-corrected chi connectivity index (χ4v) is 14.4. The molecule has 0 unspecified atom stereocenters. The van der Waals surface area contributed by atoms with Gasteiger partial charge in [0.1, 0.15) is 0 Å². The molecule has 18 aromatic carbocycles. The van der Waals surface area contributed by atoms with Crippen molar-refractivity contribution < 1.29 is 0 Å². The Morgan fingerprint density at radius 1 is 0.131 bits per heavy atom. The zero-order valence-electron chi connectivity index (χ0n) is 46.0. The second-order valence-corrected chi connectivity index (χ2v) is 22.5. The van der Waals surface area contributed by atoms with Crippen LogP contribution in [0.4, 0.5) is 0 Å². The van der Waals surface area contributed by atoms with Crippen LogP contribution in [-0.2, 0) is 0 Å². The van der Waals surface area contributed by atoms with Gasteiger partial charge in [-0.05, 0) is 192 Å². The van der Waals surface area contributed by atoms with Crippen LogP contribution in [0.25, 0.3) is 174 Å². The van der Waals surface area contributed by atoms with Crippen molar-refractivity contribution in [3.8, 4) is 44.5 Å². The molecule has 0 aromatic heterocycles. The van der Waals surface area contributed by atoms with Crippen LogP contribution in [0.3, 0.4) is 0 Å². The molecule has 0 atom stereocenters. The molecule has 0 aliphatic heterocycles. The highest BCUT2D eigenvalue weighted by Crippen LogP contribution is 2.50. The van der Waals surface area contributed by atoms with Gasteiger partial charge in [-0.2, -0.15) is 0 Å². The third kappa shape index (κ3) is 7.48. The third-order valence-electron chi connectivity index (χ3n) is 18.0. The number of fused-ring (bicyclic) bond motifs is 16. The van der Waals surface area contributed by atoms with Gasteiger partial charge in [-0.1, -0.05) is 297 Å². The summed E-state index contributed by atoms with van der Waals surface area (Å²) in [5, 5.41) is 30.9. The Bertz CT molecular complexity index is 5620. The highest BCUT2D eigenvalue weighted by atomic mass is 14.3. The van der Waals surface area contributed by atoms with Crippen molar-refractivity contribution in [1.29, 1.82) is 0 Å². The highest BCUT2D eigenvalue weighted by Gasteiger charge is 2.22. The van der Waals surface area contributed by atoms with Gasteiger partial charge in [0, 0.05) is 0 Å². The van der Waals surface area contributed by atoms with Crippen molar-refractivity contribution in [2.24, 2.45) is 0 Å². The second-order valence-electron chi connectivity index (χ2n) is 22.5. The average Bonchev–Trinajstić information content (AvgIpc) is 0.981. The zero-order chi connectivity index (χ0) is 55.2. The summed E-state index contributed by atoms with van der Waals surface area (Å²) in [6.45, 7) is 0. The van der Waals surface area contributed by atoms with Crippen LogP contribution in [0.5, 0.6) is 0 Å². The van der Waals surface area contributed by atoms with Crippen molar-refractivity contribution in [2.45, 2.75) is 0 Å². The van der Waals surface area contributed by atoms with Crippen LogP contribution < -0.4 is 0 Å². The Balaban J connectivity index is 0.000000132. The van der Waals surface area contributed by atoms with E-state index >= 15 is 0 Å². The molecule has 0 saturated heterocycles. The molecule has 0 nitrogen and oxygen atoms in total. The molecule has 18 rings (SSSR count). The van der Waals surface area contributed by atoms with E-state index < -0.39 is 0 Å². The lowest BCUT2D eigenvalue weighted by Crippen LogP contribution is -1.93. The van der Waals surface area contributed by atoms with Gasteiger partial charge < -0.3 is 0 Å². The monoisotopic (exact) mass is 1060 g/mol. The fourth-order valence-electron chi connectivity index (χ4n) is 14.4. The summed E-state index contributed by atoms with van der Waals surface area (Å²) in [5.74, 6) is 0. The first-order chi connectivity index (χ1) is 41.7. The molecule has 0 N–H and O–H groups in total. The van der Waals surface area contributed by atoms with E-state index in [-0.39, 0.29) is 0 Å². The summed E-state index contributed by atoms with van der Waals surface area (Å²) >= 11 is 0. The SMILES string of the molecule is c1ccc2c(-c3c4ccccc4c(-c4cc5ccc6ccccc6c5c5ccccc45)c4ccccc34)cccc2c1.c1ccc2cc(-c3c4ccccc4c(-c4cc5ccc6ccccc6c5c5ccccc45)c4ccccc34)ccc2c1. The van der Waals surface area contributed by atoms with Crippen LogP contribution in [0.2, 0.25) is 0 Å². The van der Waals surface area contributed by atoms with Crippen molar-refractivity contribution in [3.63, 3.8) is 0 Å². The van der Waals surface area contributed by atoms with Gasteiger partial charge in [-0.25, -0.2) is 0 Å². The smallest absolute Gasteiger partial charge is 0.00199 e. The Morgan fingerprint density at radius 3 is 0.857 bits per heavy atom. The molecular weight excluding hydrogens is 1010 g/mol. The van der Waals surface area contributed by atoms with Crippen molar-refractivity contribution in [2.75, 3.05) is 0 Å². The van der Waals surface area contributed by atoms with Crippen LogP contribution in [0.15, 0.2) is 315 Å². The van der Waals surface area contributed by atoms with Gasteiger partial charge in [0.2, 0.25) is 0 Å². The zero-order valence-corrected chi connectivity index (χ0v) is 46.0. The molecule has 388 valence electrons. The van der Waals surface area contributed by atoms with Crippen LogP contribution in [-0.4, -0.2) is 0 Å². The lowest BCUT2D eigenvalue weighted by atomic mass is 9.82. The average molecular weight is 1060 g/mol. The van der Waals surface area contributed by atoms with E-state index in [1.807, 2.05) is 0 Å². The molecule has 0 aliphatic rings. The molecule has 0 radical (unpaired) electrons. The molecule has 0 spiro atoms. The van der Waals surface area contributed by atoms with Gasteiger partial charge in [0.15, 0.2) is 0 Å². The molecule has 0 fully saturated rings. The quantitative estimate of drug-likeness (QED) is 0.122. The molecule has 0 bridgehead atoms. The number of hydrogen-bond donors (Lipinski definition) is 0. The first-order valence-corrected chi connectivity index (χ1v) is 29.2. The molecule has 0 heteroatoms. The topological polar surface area (TPSA) is 0 Å². The maximum Gasteiger partial charge on any atom is -0.00199 e. The van der Waals surface area contributed by atoms with E-state index in [4.69, 9.17) is 0 Å². The first kappa shape index (κ1) is 47.8. The predicted molar refractivity (Wildman–Crippen MR) is 365 cm³/mol. The van der Waals surface area contributed by atoms with E-state index in [2.05, 4.69) is 315 Å². The normalized spacial score (nSPS) is 11.8. The molecule has 0 heterocycles. The Labute approximate surface area is 486 Å². The molecule has 0 saturated carbocycles. The highest BCUT2D eigenvalue weighted by molar-refractivity contribution is 6.31. The summed E-state index contributed by atoms with van der Waals surface area (Å²) in [5.41, 5.74) is 10.3. The molecular formula is C84H52. The fraction of sp³-hybridized carbons (Fsp3) is 0. The number of rotatable bonds is 4. The lowest BCUT2D eigenvalue weighted by Gasteiger charge is -2.20. The standard InChI is InChI=1S/2C42H26/c1-3-15-30-27(12-1)14-11-23-33(30)41-35-19-7-9-21-37(35)42(38-22-10-8-20-36(38)41)39-26-29-25-24-28-13-2-4-16-31(28)40(29)34-18-6-5-17-32(34)39;1-2-13-29-25-30(23-21-27(29)11-1)41-35-17-7-9-19-37(35)42(38-20-10-8-18-36(38)41)39-26-31-24-22-28-12-3-4-14-32(28)40(31)34-16-6-5-15-33(34)39/h2*1-26H. The summed E-state index contributed by atoms with van der Waals surface area (Å²) in [7, 11) is 0. The summed E-state index contributed by atoms with van der Waals surface area (Å²) in [4.78, 5) is 0. The maximum absolute atomic E-state index is 2.43. The lowest BCUT2D eigenvalue weighted by molar-refractivity contribution is 1.69. The number of benzene rings is 18.